The van der Waals surface area contributed by atoms with E-state index >= 15 is 0 Å². The predicted molar refractivity (Wildman–Crippen MR) is 69.3 cm³/mol. The van der Waals surface area contributed by atoms with Crippen molar-refractivity contribution in [3.8, 4) is 11.6 Å². The topological polar surface area (TPSA) is 76.7 Å². The Labute approximate surface area is 111 Å². The highest BCUT2D eigenvalue weighted by molar-refractivity contribution is 5.40. The van der Waals surface area contributed by atoms with Crippen LogP contribution in [0.3, 0.4) is 0 Å². The Morgan fingerprint density at radius 2 is 2.11 bits per heavy atom. The normalized spacial score (nSPS) is 19.5. The van der Waals surface area contributed by atoms with Gasteiger partial charge in [-0.05, 0) is 31.9 Å². The van der Waals surface area contributed by atoms with Crippen molar-refractivity contribution in [3.05, 3.63) is 24.4 Å². The summed E-state index contributed by atoms with van der Waals surface area (Å²) in [7, 11) is 0. The van der Waals surface area contributed by atoms with E-state index in [1.807, 2.05) is 0 Å². The minimum absolute atomic E-state index is 0.465. The molecule has 0 amide bonds. The van der Waals surface area contributed by atoms with Gasteiger partial charge >= 0.3 is 0 Å². The van der Waals surface area contributed by atoms with Crippen LogP contribution in [-0.2, 0) is 6.42 Å². The summed E-state index contributed by atoms with van der Waals surface area (Å²) < 4.78 is 5.24. The molecule has 3 heterocycles. The van der Waals surface area contributed by atoms with Gasteiger partial charge in [0.1, 0.15) is 0 Å². The summed E-state index contributed by atoms with van der Waals surface area (Å²) >= 11 is 0. The number of aryl methyl sites for hydroxylation is 1. The van der Waals surface area contributed by atoms with Crippen LogP contribution >= 0.6 is 0 Å². The van der Waals surface area contributed by atoms with E-state index in [0.717, 1.165) is 19.4 Å². The molecule has 2 aromatic rings. The van der Waals surface area contributed by atoms with Crippen molar-refractivity contribution in [2.45, 2.75) is 38.1 Å². The second-order valence-corrected chi connectivity index (χ2v) is 4.77. The lowest BCUT2D eigenvalue weighted by molar-refractivity contribution is 0.342. The molecular weight excluding hydrogens is 242 g/mol. The molecule has 0 spiro atoms. The molecule has 1 aliphatic heterocycles. The molecule has 0 aliphatic carbocycles. The standard InChI is InChI=1S/C13H17N5O/c1-2-7-14-10(4-1)5-6-11-17-13(18-19-11)12-15-8-3-9-16-12/h3,8-10,14H,1-2,4-7H2. The summed E-state index contributed by atoms with van der Waals surface area (Å²) in [6.45, 7) is 1.12. The quantitative estimate of drug-likeness (QED) is 0.898. The van der Waals surface area contributed by atoms with Crippen LogP contribution in [0.25, 0.3) is 11.6 Å². The zero-order valence-electron chi connectivity index (χ0n) is 10.7. The monoisotopic (exact) mass is 259 g/mol. The van der Waals surface area contributed by atoms with Crippen molar-refractivity contribution in [1.82, 2.24) is 25.4 Å². The summed E-state index contributed by atoms with van der Waals surface area (Å²) in [5.41, 5.74) is 0. The molecule has 6 nitrogen and oxygen atoms in total. The van der Waals surface area contributed by atoms with Gasteiger partial charge in [-0.15, -0.1) is 0 Å². The van der Waals surface area contributed by atoms with Gasteiger partial charge in [0.15, 0.2) is 0 Å². The van der Waals surface area contributed by atoms with Crippen LogP contribution in [-0.4, -0.2) is 32.7 Å². The van der Waals surface area contributed by atoms with E-state index in [1.165, 1.54) is 19.3 Å². The number of hydrogen-bond acceptors (Lipinski definition) is 6. The average Bonchev–Trinajstić information content (AvgIpc) is 2.96. The van der Waals surface area contributed by atoms with Gasteiger partial charge in [-0.3, -0.25) is 0 Å². The van der Waals surface area contributed by atoms with E-state index in [2.05, 4.69) is 25.4 Å². The van der Waals surface area contributed by atoms with Crippen LogP contribution in [0.15, 0.2) is 23.0 Å². The molecule has 1 fully saturated rings. The number of hydrogen-bond donors (Lipinski definition) is 1. The third-order valence-corrected chi connectivity index (χ3v) is 3.35. The molecule has 1 N–H and O–H groups in total. The average molecular weight is 259 g/mol. The van der Waals surface area contributed by atoms with Gasteiger partial charge in [0, 0.05) is 24.9 Å². The van der Waals surface area contributed by atoms with Crippen LogP contribution in [0.2, 0.25) is 0 Å². The lowest BCUT2D eigenvalue weighted by Crippen LogP contribution is -2.34. The Morgan fingerprint density at radius 3 is 2.89 bits per heavy atom. The third-order valence-electron chi connectivity index (χ3n) is 3.35. The first-order valence-electron chi connectivity index (χ1n) is 6.75. The molecule has 19 heavy (non-hydrogen) atoms. The van der Waals surface area contributed by atoms with Crippen LogP contribution < -0.4 is 5.32 Å². The maximum absolute atomic E-state index is 5.24. The molecule has 2 aromatic heterocycles. The van der Waals surface area contributed by atoms with E-state index in [1.54, 1.807) is 18.5 Å². The van der Waals surface area contributed by atoms with Gasteiger partial charge in [0.25, 0.3) is 0 Å². The first-order chi connectivity index (χ1) is 9.42. The van der Waals surface area contributed by atoms with E-state index in [0.29, 0.717) is 23.6 Å². The molecule has 0 aromatic carbocycles. The number of nitrogens with zero attached hydrogens (tertiary/aromatic N) is 4. The smallest absolute Gasteiger partial charge is 0.240 e. The Morgan fingerprint density at radius 1 is 1.21 bits per heavy atom. The Hall–Kier alpha value is -1.82. The highest BCUT2D eigenvalue weighted by Gasteiger charge is 2.15. The summed E-state index contributed by atoms with van der Waals surface area (Å²) in [5.74, 6) is 1.63. The largest absolute Gasteiger partial charge is 0.339 e. The van der Waals surface area contributed by atoms with Crippen molar-refractivity contribution in [3.63, 3.8) is 0 Å². The molecule has 0 bridgehead atoms. The number of rotatable bonds is 4. The molecule has 6 heteroatoms. The van der Waals surface area contributed by atoms with E-state index < -0.39 is 0 Å². The summed E-state index contributed by atoms with van der Waals surface area (Å²) in [4.78, 5) is 12.5. The Balaban J connectivity index is 1.59. The summed E-state index contributed by atoms with van der Waals surface area (Å²) in [6.07, 6.45) is 9.02. The van der Waals surface area contributed by atoms with Crippen molar-refractivity contribution in [1.29, 1.82) is 0 Å². The minimum atomic E-state index is 0.465. The van der Waals surface area contributed by atoms with Crippen molar-refractivity contribution in [2.24, 2.45) is 0 Å². The first-order valence-corrected chi connectivity index (χ1v) is 6.75. The first kappa shape index (κ1) is 12.2. The van der Waals surface area contributed by atoms with Gasteiger partial charge in [-0.2, -0.15) is 4.98 Å². The number of nitrogens with one attached hydrogen (secondary N) is 1. The van der Waals surface area contributed by atoms with Crippen LogP contribution in [0.1, 0.15) is 31.6 Å². The molecule has 1 saturated heterocycles. The Kier molecular flexibility index (Phi) is 3.78. The van der Waals surface area contributed by atoms with Crippen LogP contribution in [0.4, 0.5) is 0 Å². The zero-order valence-corrected chi connectivity index (χ0v) is 10.7. The zero-order chi connectivity index (χ0) is 12.9. The molecule has 1 unspecified atom stereocenters. The highest BCUT2D eigenvalue weighted by atomic mass is 16.5. The molecule has 1 atom stereocenters. The number of aromatic nitrogens is 4. The Bertz CT molecular complexity index is 507. The number of piperidine rings is 1. The maximum atomic E-state index is 5.24. The second-order valence-electron chi connectivity index (χ2n) is 4.77. The van der Waals surface area contributed by atoms with Gasteiger partial charge in [-0.25, -0.2) is 9.97 Å². The van der Waals surface area contributed by atoms with Crippen molar-refractivity contribution in [2.75, 3.05) is 6.54 Å². The molecule has 3 rings (SSSR count). The molecule has 100 valence electrons. The molecular formula is C13H17N5O. The SMILES string of the molecule is c1cnc(-c2noc(CCC3CCCCN3)n2)nc1. The van der Waals surface area contributed by atoms with E-state index in [4.69, 9.17) is 4.52 Å². The van der Waals surface area contributed by atoms with E-state index in [9.17, 15) is 0 Å². The highest BCUT2D eigenvalue weighted by Crippen LogP contribution is 2.14. The molecule has 0 saturated carbocycles. The maximum Gasteiger partial charge on any atom is 0.240 e. The molecule has 0 radical (unpaired) electrons. The van der Waals surface area contributed by atoms with Crippen LogP contribution in [0.5, 0.6) is 0 Å². The molecule has 1 aliphatic rings. The second kappa shape index (κ2) is 5.88. The lowest BCUT2D eigenvalue weighted by atomic mass is 10.0. The predicted octanol–water partition coefficient (Wildman–Crippen LogP) is 1.60. The van der Waals surface area contributed by atoms with Crippen LogP contribution in [0, 0.1) is 0 Å². The van der Waals surface area contributed by atoms with Crippen molar-refractivity contribution >= 4 is 0 Å². The van der Waals surface area contributed by atoms with Gasteiger partial charge in [0.05, 0.1) is 0 Å². The van der Waals surface area contributed by atoms with Gasteiger partial charge < -0.3 is 9.84 Å². The van der Waals surface area contributed by atoms with Gasteiger partial charge in [0.2, 0.25) is 17.5 Å². The van der Waals surface area contributed by atoms with Crippen molar-refractivity contribution < 1.29 is 4.52 Å². The fourth-order valence-electron chi connectivity index (χ4n) is 2.33. The minimum Gasteiger partial charge on any atom is -0.339 e. The lowest BCUT2D eigenvalue weighted by Gasteiger charge is -2.22. The third kappa shape index (κ3) is 3.14. The van der Waals surface area contributed by atoms with E-state index in [-0.39, 0.29) is 0 Å². The summed E-state index contributed by atoms with van der Waals surface area (Å²) in [6, 6.07) is 2.34. The fraction of sp³-hybridized carbons (Fsp3) is 0.538. The van der Waals surface area contributed by atoms with Gasteiger partial charge in [-0.1, -0.05) is 11.6 Å². The fourth-order valence-corrected chi connectivity index (χ4v) is 2.33. The summed E-state index contributed by atoms with van der Waals surface area (Å²) in [5, 5.41) is 7.43.